The third-order valence-electron chi connectivity index (χ3n) is 4.36. The lowest BCUT2D eigenvalue weighted by Gasteiger charge is -2.31. The highest BCUT2D eigenvalue weighted by atomic mass is 19.1. The third-order valence-corrected chi connectivity index (χ3v) is 4.36. The number of carbonyl (C=O) groups is 1. The van der Waals surface area contributed by atoms with E-state index in [9.17, 15) is 9.18 Å². The fourth-order valence-electron chi connectivity index (χ4n) is 3.24. The molecular formula is C15H19FN2O2. The Hall–Kier alpha value is -1.62. The molecule has 2 aliphatic rings. The van der Waals surface area contributed by atoms with Gasteiger partial charge in [0.25, 0.3) is 0 Å². The fourth-order valence-corrected chi connectivity index (χ4v) is 3.24. The molecule has 5 heteroatoms. The Morgan fingerprint density at radius 1 is 1.40 bits per heavy atom. The molecule has 0 radical (unpaired) electrons. The van der Waals surface area contributed by atoms with Crippen LogP contribution in [0.2, 0.25) is 0 Å². The maximum Gasteiger partial charge on any atom is 0.340 e. The number of ether oxygens (including phenoxy) is 1. The van der Waals surface area contributed by atoms with Gasteiger partial charge in [0.2, 0.25) is 0 Å². The second-order valence-electron chi connectivity index (χ2n) is 5.58. The molecule has 20 heavy (non-hydrogen) atoms. The molecule has 4 nitrogen and oxygen atoms in total. The summed E-state index contributed by atoms with van der Waals surface area (Å²) in [6.45, 7) is 3.43. The Balaban J connectivity index is 1.75. The number of carbonyl (C=O) groups excluding carboxylic acids is 1. The molecule has 108 valence electrons. The molecular weight excluding hydrogens is 259 g/mol. The second-order valence-corrected chi connectivity index (χ2v) is 5.58. The summed E-state index contributed by atoms with van der Waals surface area (Å²) < 4.78 is 18.2. The van der Waals surface area contributed by atoms with E-state index in [1.54, 1.807) is 12.1 Å². The van der Waals surface area contributed by atoms with Gasteiger partial charge in [-0.2, -0.15) is 0 Å². The number of benzene rings is 1. The summed E-state index contributed by atoms with van der Waals surface area (Å²) in [6.07, 6.45) is 2.30. The van der Waals surface area contributed by atoms with Crippen LogP contribution in [-0.2, 0) is 4.74 Å². The number of anilines is 1. The number of halogens is 1. The minimum Gasteiger partial charge on any atom is -0.465 e. The van der Waals surface area contributed by atoms with Crippen molar-refractivity contribution < 1.29 is 13.9 Å². The zero-order valence-electron chi connectivity index (χ0n) is 11.6. The van der Waals surface area contributed by atoms with E-state index >= 15 is 0 Å². The van der Waals surface area contributed by atoms with E-state index in [-0.39, 0.29) is 5.56 Å². The van der Waals surface area contributed by atoms with Crippen LogP contribution >= 0.6 is 0 Å². The lowest BCUT2D eigenvalue weighted by atomic mass is 9.94. The maximum absolute atomic E-state index is 13.6. The molecule has 2 aliphatic heterocycles. The van der Waals surface area contributed by atoms with Crippen molar-refractivity contribution in [2.75, 3.05) is 32.1 Å². The molecule has 0 saturated carbocycles. The average Bonchev–Trinajstić information content (AvgIpc) is 2.86. The van der Waals surface area contributed by atoms with Crippen molar-refractivity contribution in [2.24, 2.45) is 5.92 Å². The SMILES string of the molecule is COC(=O)c1cc(NC2CCN3CCC2C3)ccc1F. The highest BCUT2D eigenvalue weighted by molar-refractivity contribution is 5.90. The van der Waals surface area contributed by atoms with E-state index in [0.717, 1.165) is 25.2 Å². The topological polar surface area (TPSA) is 41.6 Å². The van der Waals surface area contributed by atoms with Crippen LogP contribution in [0.3, 0.4) is 0 Å². The van der Waals surface area contributed by atoms with Crippen LogP contribution in [-0.4, -0.2) is 43.7 Å². The molecule has 2 bridgehead atoms. The van der Waals surface area contributed by atoms with Crippen LogP contribution in [0, 0.1) is 11.7 Å². The van der Waals surface area contributed by atoms with Gasteiger partial charge in [0.1, 0.15) is 5.82 Å². The lowest BCUT2D eigenvalue weighted by molar-refractivity contribution is 0.0595. The molecule has 0 aliphatic carbocycles. The Morgan fingerprint density at radius 3 is 3.00 bits per heavy atom. The minimum atomic E-state index is -0.637. The second kappa shape index (κ2) is 5.40. The van der Waals surface area contributed by atoms with Gasteiger partial charge in [0.05, 0.1) is 12.7 Å². The van der Waals surface area contributed by atoms with Crippen molar-refractivity contribution in [3.8, 4) is 0 Å². The molecule has 0 amide bonds. The number of methoxy groups -OCH3 is 1. The van der Waals surface area contributed by atoms with Crippen LogP contribution in [0.15, 0.2) is 18.2 Å². The molecule has 3 atom stereocenters. The zero-order valence-corrected chi connectivity index (χ0v) is 11.6. The first-order valence-electron chi connectivity index (χ1n) is 7.04. The van der Waals surface area contributed by atoms with Gasteiger partial charge in [-0.1, -0.05) is 0 Å². The Labute approximate surface area is 117 Å². The molecule has 1 N–H and O–H groups in total. The van der Waals surface area contributed by atoms with Gasteiger partial charge in [0, 0.05) is 24.8 Å². The number of nitrogens with one attached hydrogen (secondary N) is 1. The van der Waals surface area contributed by atoms with Crippen LogP contribution < -0.4 is 5.32 Å². The normalized spacial score (nSPS) is 28.2. The molecule has 3 unspecified atom stereocenters. The van der Waals surface area contributed by atoms with Crippen LogP contribution in [0.4, 0.5) is 10.1 Å². The first kappa shape index (κ1) is 13.4. The average molecular weight is 278 g/mol. The molecule has 2 saturated heterocycles. The summed E-state index contributed by atoms with van der Waals surface area (Å²) in [5, 5.41) is 3.45. The number of hydrogen-bond donors (Lipinski definition) is 1. The molecule has 3 rings (SSSR count). The summed E-state index contributed by atoms with van der Waals surface area (Å²) in [5.41, 5.74) is 0.776. The standard InChI is InChI=1S/C15H19FN2O2/c1-20-15(19)12-8-11(2-3-13(12)16)17-14-5-7-18-6-4-10(14)9-18/h2-3,8,10,14,17H,4-7,9H2,1H3. The van der Waals surface area contributed by atoms with Gasteiger partial charge >= 0.3 is 5.97 Å². The largest absolute Gasteiger partial charge is 0.465 e. The van der Waals surface area contributed by atoms with E-state index < -0.39 is 11.8 Å². The highest BCUT2D eigenvalue weighted by Gasteiger charge is 2.34. The van der Waals surface area contributed by atoms with Crippen molar-refractivity contribution >= 4 is 11.7 Å². The highest BCUT2D eigenvalue weighted by Crippen LogP contribution is 2.29. The molecule has 2 heterocycles. The Bertz CT molecular complexity index is 521. The van der Waals surface area contributed by atoms with Crippen molar-refractivity contribution in [3.05, 3.63) is 29.6 Å². The van der Waals surface area contributed by atoms with Gasteiger partial charge in [0.15, 0.2) is 0 Å². The predicted molar refractivity (Wildman–Crippen MR) is 74.3 cm³/mol. The van der Waals surface area contributed by atoms with Crippen LogP contribution in [0.1, 0.15) is 23.2 Å². The molecule has 1 aromatic carbocycles. The summed E-state index contributed by atoms with van der Waals surface area (Å²) >= 11 is 0. The smallest absolute Gasteiger partial charge is 0.340 e. The lowest BCUT2D eigenvalue weighted by Crippen LogP contribution is -2.39. The molecule has 0 spiro atoms. The van der Waals surface area contributed by atoms with E-state index in [4.69, 9.17) is 0 Å². The van der Waals surface area contributed by atoms with Crippen LogP contribution in [0.5, 0.6) is 0 Å². The molecule has 0 aromatic heterocycles. The monoisotopic (exact) mass is 278 g/mol. The van der Waals surface area contributed by atoms with Crippen LogP contribution in [0.25, 0.3) is 0 Å². The summed E-state index contributed by atoms with van der Waals surface area (Å²) in [4.78, 5) is 14.0. The molecule has 1 aromatic rings. The third kappa shape index (κ3) is 2.50. The maximum atomic E-state index is 13.6. The Kier molecular flexibility index (Phi) is 3.61. The van der Waals surface area contributed by atoms with Gasteiger partial charge < -0.3 is 15.0 Å². The zero-order chi connectivity index (χ0) is 14.1. The van der Waals surface area contributed by atoms with E-state index in [2.05, 4.69) is 15.0 Å². The Morgan fingerprint density at radius 2 is 2.20 bits per heavy atom. The van der Waals surface area contributed by atoms with Gasteiger partial charge in [-0.15, -0.1) is 0 Å². The van der Waals surface area contributed by atoms with Crippen molar-refractivity contribution in [1.29, 1.82) is 0 Å². The van der Waals surface area contributed by atoms with Gasteiger partial charge in [-0.05, 0) is 43.5 Å². The number of fused-ring (bicyclic) bond motifs is 2. The number of rotatable bonds is 3. The van der Waals surface area contributed by atoms with Gasteiger partial charge in [-0.25, -0.2) is 9.18 Å². The van der Waals surface area contributed by atoms with Gasteiger partial charge in [-0.3, -0.25) is 0 Å². The number of hydrogen-bond acceptors (Lipinski definition) is 4. The summed E-state index contributed by atoms with van der Waals surface area (Å²) in [6, 6.07) is 4.95. The fraction of sp³-hybridized carbons (Fsp3) is 0.533. The van der Waals surface area contributed by atoms with E-state index in [1.165, 1.54) is 26.1 Å². The van der Waals surface area contributed by atoms with Crippen molar-refractivity contribution in [2.45, 2.75) is 18.9 Å². The van der Waals surface area contributed by atoms with Crippen molar-refractivity contribution in [1.82, 2.24) is 4.90 Å². The first-order chi connectivity index (χ1) is 9.67. The van der Waals surface area contributed by atoms with Crippen molar-refractivity contribution in [3.63, 3.8) is 0 Å². The predicted octanol–water partition coefficient (Wildman–Crippen LogP) is 2.12. The minimum absolute atomic E-state index is 0.0126. The number of esters is 1. The first-order valence-corrected chi connectivity index (χ1v) is 7.04. The quantitative estimate of drug-likeness (QED) is 0.860. The van der Waals surface area contributed by atoms with E-state index in [0.29, 0.717) is 12.0 Å². The number of nitrogens with zero attached hydrogens (tertiary/aromatic N) is 1. The molecule has 2 fully saturated rings. The summed E-state index contributed by atoms with van der Waals surface area (Å²) in [5.74, 6) is -0.532. The number of piperidine rings is 1. The van der Waals surface area contributed by atoms with E-state index in [1.807, 2.05) is 0 Å². The summed E-state index contributed by atoms with van der Waals surface area (Å²) in [7, 11) is 1.26.